The predicted molar refractivity (Wildman–Crippen MR) is 76.5 cm³/mol. The lowest BCUT2D eigenvalue weighted by Crippen LogP contribution is -2.61. The number of carbonyl (C=O) groups is 2. The summed E-state index contributed by atoms with van der Waals surface area (Å²) in [5, 5.41) is 3.21. The number of hydrogen-bond donors (Lipinski definition) is 1. The number of carbonyl (C=O) groups excluding carboxylic acids is 2. The summed E-state index contributed by atoms with van der Waals surface area (Å²) in [6.45, 7) is 1.51. The molecule has 0 radical (unpaired) electrons. The monoisotopic (exact) mass is 295 g/mol. The Kier molecular flexibility index (Phi) is 3.95. The molecule has 0 aromatic heterocycles. The zero-order valence-corrected chi connectivity index (χ0v) is 12.9. The highest BCUT2D eigenvalue weighted by Gasteiger charge is 2.51. The number of rotatable bonds is 5. The highest BCUT2D eigenvalue weighted by molar-refractivity contribution is 5.84. The minimum Gasteiger partial charge on any atom is -0.451 e. The molecule has 1 atom stereocenters. The second-order valence-corrected chi connectivity index (χ2v) is 7.25. The van der Waals surface area contributed by atoms with E-state index in [0.29, 0.717) is 0 Å². The molecule has 0 saturated heterocycles. The number of esters is 1. The first-order valence-electron chi connectivity index (χ1n) is 8.00. The Bertz CT molecular complexity index is 399. The number of ether oxygens (including phenoxy) is 2. The van der Waals surface area contributed by atoms with Crippen LogP contribution in [-0.4, -0.2) is 37.2 Å². The summed E-state index contributed by atoms with van der Waals surface area (Å²) in [7, 11) is 1.43. The average Bonchev–Trinajstić information content (AvgIpc) is 2.36. The quantitative estimate of drug-likeness (QED) is 0.783. The molecular weight excluding hydrogens is 270 g/mol. The molecule has 0 aromatic rings. The van der Waals surface area contributed by atoms with Gasteiger partial charge in [0.05, 0.1) is 0 Å². The third-order valence-electron chi connectivity index (χ3n) is 5.37. The van der Waals surface area contributed by atoms with Gasteiger partial charge in [-0.1, -0.05) is 0 Å². The van der Waals surface area contributed by atoms with E-state index in [0.717, 1.165) is 37.0 Å². The number of hydrogen-bond acceptors (Lipinski definition) is 4. The van der Waals surface area contributed by atoms with Gasteiger partial charge in [-0.05, 0) is 63.2 Å². The van der Waals surface area contributed by atoms with Crippen molar-refractivity contribution in [3.63, 3.8) is 0 Å². The van der Waals surface area contributed by atoms with Crippen molar-refractivity contribution in [2.24, 2.45) is 17.8 Å². The van der Waals surface area contributed by atoms with E-state index in [-0.39, 0.29) is 18.1 Å². The standard InChI is InChI=1S/C16H25NO4/c1-10(21-14(18)9-20-2)15(19)17-16-6-11-3-12(7-16)5-13(4-11)8-16/h10-13H,3-9H2,1-2H3,(H,17,19)/t10-,11?,12?,13?,16?/m1/s1. The van der Waals surface area contributed by atoms with Crippen LogP contribution in [0.2, 0.25) is 0 Å². The molecule has 4 fully saturated rings. The maximum Gasteiger partial charge on any atom is 0.332 e. The molecule has 4 saturated carbocycles. The Morgan fingerprint density at radius 3 is 2.14 bits per heavy atom. The lowest BCUT2D eigenvalue weighted by atomic mass is 9.53. The SMILES string of the molecule is COCC(=O)O[C@H](C)C(=O)NC12CC3CC(CC(C3)C1)C2. The third-order valence-corrected chi connectivity index (χ3v) is 5.37. The normalized spacial score (nSPS) is 38.1. The van der Waals surface area contributed by atoms with Gasteiger partial charge in [0.15, 0.2) is 6.10 Å². The molecule has 5 nitrogen and oxygen atoms in total. The molecule has 1 N–H and O–H groups in total. The second-order valence-electron chi connectivity index (χ2n) is 7.25. The van der Waals surface area contributed by atoms with Crippen molar-refractivity contribution in [1.29, 1.82) is 0 Å². The molecular formula is C16H25NO4. The van der Waals surface area contributed by atoms with E-state index in [4.69, 9.17) is 9.47 Å². The first kappa shape index (κ1) is 14.8. The van der Waals surface area contributed by atoms with E-state index in [2.05, 4.69) is 5.32 Å². The van der Waals surface area contributed by atoms with Crippen molar-refractivity contribution in [3.8, 4) is 0 Å². The van der Waals surface area contributed by atoms with Crippen molar-refractivity contribution in [2.75, 3.05) is 13.7 Å². The van der Waals surface area contributed by atoms with Crippen molar-refractivity contribution >= 4 is 11.9 Å². The van der Waals surface area contributed by atoms with Crippen LogP contribution >= 0.6 is 0 Å². The van der Waals surface area contributed by atoms with Gasteiger partial charge < -0.3 is 14.8 Å². The molecule has 4 rings (SSSR count). The van der Waals surface area contributed by atoms with Crippen LogP contribution in [0.25, 0.3) is 0 Å². The first-order valence-corrected chi connectivity index (χ1v) is 8.00. The maximum atomic E-state index is 12.3. The van der Waals surface area contributed by atoms with E-state index >= 15 is 0 Å². The summed E-state index contributed by atoms with van der Waals surface area (Å²) in [6, 6.07) is 0. The van der Waals surface area contributed by atoms with Gasteiger partial charge in [-0.2, -0.15) is 0 Å². The fraction of sp³-hybridized carbons (Fsp3) is 0.875. The minimum atomic E-state index is -0.749. The molecule has 0 heterocycles. The molecule has 118 valence electrons. The Labute approximate surface area is 125 Å². The van der Waals surface area contributed by atoms with Crippen molar-refractivity contribution in [3.05, 3.63) is 0 Å². The smallest absolute Gasteiger partial charge is 0.332 e. The highest BCUT2D eigenvalue weighted by Crippen LogP contribution is 2.55. The van der Waals surface area contributed by atoms with E-state index in [1.54, 1.807) is 6.92 Å². The fourth-order valence-electron chi connectivity index (χ4n) is 5.03. The molecule has 0 aromatic carbocycles. The van der Waals surface area contributed by atoms with Gasteiger partial charge >= 0.3 is 5.97 Å². The van der Waals surface area contributed by atoms with E-state index in [9.17, 15) is 9.59 Å². The molecule has 21 heavy (non-hydrogen) atoms. The van der Waals surface area contributed by atoms with Gasteiger partial charge in [-0.15, -0.1) is 0 Å². The summed E-state index contributed by atoms with van der Waals surface area (Å²) in [4.78, 5) is 23.7. The van der Waals surface area contributed by atoms with Crippen LogP contribution in [0.4, 0.5) is 0 Å². The Morgan fingerprint density at radius 1 is 1.14 bits per heavy atom. The van der Waals surface area contributed by atoms with Crippen molar-refractivity contribution < 1.29 is 19.1 Å². The van der Waals surface area contributed by atoms with Crippen molar-refractivity contribution in [1.82, 2.24) is 5.32 Å². The lowest BCUT2D eigenvalue weighted by molar-refractivity contribution is -0.159. The Balaban J connectivity index is 1.58. The van der Waals surface area contributed by atoms with Gasteiger partial charge in [-0.25, -0.2) is 4.79 Å². The molecule has 0 aliphatic heterocycles. The van der Waals surface area contributed by atoms with E-state index in [1.165, 1.54) is 26.4 Å². The maximum absolute atomic E-state index is 12.3. The summed E-state index contributed by atoms with van der Waals surface area (Å²) < 4.78 is 9.80. The van der Waals surface area contributed by atoms with Gasteiger partial charge in [0.25, 0.3) is 5.91 Å². The molecule has 4 aliphatic rings. The summed E-state index contributed by atoms with van der Waals surface area (Å²) in [6.07, 6.45) is 6.57. The van der Waals surface area contributed by atoms with Crippen LogP contribution in [0, 0.1) is 17.8 Å². The van der Waals surface area contributed by atoms with Crippen LogP contribution in [0.5, 0.6) is 0 Å². The van der Waals surface area contributed by atoms with Crippen LogP contribution in [-0.2, 0) is 19.1 Å². The van der Waals surface area contributed by atoms with E-state index in [1.807, 2.05) is 0 Å². The van der Waals surface area contributed by atoms with Crippen LogP contribution < -0.4 is 5.32 Å². The molecule has 1 amide bonds. The molecule has 4 bridgehead atoms. The van der Waals surface area contributed by atoms with Crippen LogP contribution in [0.3, 0.4) is 0 Å². The number of nitrogens with one attached hydrogen (secondary N) is 1. The first-order chi connectivity index (χ1) is 9.99. The van der Waals surface area contributed by atoms with Crippen molar-refractivity contribution in [2.45, 2.75) is 57.1 Å². The minimum absolute atomic E-state index is 0.0340. The largest absolute Gasteiger partial charge is 0.451 e. The molecule has 4 aliphatic carbocycles. The zero-order chi connectivity index (χ0) is 15.0. The van der Waals surface area contributed by atoms with E-state index < -0.39 is 12.1 Å². The zero-order valence-electron chi connectivity index (χ0n) is 12.9. The summed E-state index contributed by atoms with van der Waals surface area (Å²) in [5.41, 5.74) is -0.0340. The summed E-state index contributed by atoms with van der Waals surface area (Å²) in [5.74, 6) is 1.68. The number of methoxy groups -OCH3 is 1. The van der Waals surface area contributed by atoms with Gasteiger partial charge in [0.1, 0.15) is 6.61 Å². The van der Waals surface area contributed by atoms with Crippen LogP contribution in [0.15, 0.2) is 0 Å². The Hall–Kier alpha value is -1.10. The third kappa shape index (κ3) is 3.07. The average molecular weight is 295 g/mol. The fourth-order valence-corrected chi connectivity index (χ4v) is 5.03. The van der Waals surface area contributed by atoms with Crippen LogP contribution in [0.1, 0.15) is 45.4 Å². The topological polar surface area (TPSA) is 64.6 Å². The number of amides is 1. The molecule has 0 unspecified atom stereocenters. The lowest BCUT2D eigenvalue weighted by Gasteiger charge is -2.57. The van der Waals surface area contributed by atoms with Gasteiger partial charge in [0, 0.05) is 12.6 Å². The summed E-state index contributed by atoms with van der Waals surface area (Å²) >= 11 is 0. The predicted octanol–water partition coefficient (Wildman–Crippen LogP) is 1.65. The van der Waals surface area contributed by atoms with Gasteiger partial charge in [-0.3, -0.25) is 4.79 Å². The van der Waals surface area contributed by atoms with Gasteiger partial charge in [0.2, 0.25) is 0 Å². The Morgan fingerprint density at radius 2 is 1.67 bits per heavy atom. The second kappa shape index (κ2) is 5.59. The molecule has 5 heteroatoms. The molecule has 0 spiro atoms. The highest BCUT2D eigenvalue weighted by atomic mass is 16.6.